The van der Waals surface area contributed by atoms with E-state index in [1.165, 1.54) is 0 Å². The van der Waals surface area contributed by atoms with Gasteiger partial charge in [0.15, 0.2) is 0 Å². The van der Waals surface area contributed by atoms with Gasteiger partial charge in [0.2, 0.25) is 0 Å². The molecule has 2 nitrogen and oxygen atoms in total. The standard InChI is InChI=1S/C10H17F4NO/c1-9(2)4-3-6(7(9)15)16-5-10(13,14)8(11)12/h6-8H,3-5,15H2,1-2H3. The topological polar surface area (TPSA) is 35.2 Å². The van der Waals surface area contributed by atoms with E-state index >= 15 is 0 Å². The summed E-state index contributed by atoms with van der Waals surface area (Å²) in [6.45, 7) is 2.55. The molecule has 16 heavy (non-hydrogen) atoms. The van der Waals surface area contributed by atoms with E-state index in [9.17, 15) is 17.6 Å². The molecule has 1 saturated carbocycles. The van der Waals surface area contributed by atoms with Crippen molar-refractivity contribution in [3.63, 3.8) is 0 Å². The zero-order chi connectivity index (χ0) is 12.6. The van der Waals surface area contributed by atoms with Crippen LogP contribution in [-0.4, -0.2) is 31.1 Å². The molecule has 0 amide bonds. The maximum atomic E-state index is 12.6. The highest BCUT2D eigenvalue weighted by molar-refractivity contribution is 4.95. The molecule has 0 radical (unpaired) electrons. The fourth-order valence-electron chi connectivity index (χ4n) is 1.83. The summed E-state index contributed by atoms with van der Waals surface area (Å²) in [4.78, 5) is 0. The van der Waals surface area contributed by atoms with Crippen LogP contribution < -0.4 is 5.73 Å². The monoisotopic (exact) mass is 243 g/mol. The lowest BCUT2D eigenvalue weighted by atomic mass is 9.88. The smallest absolute Gasteiger partial charge is 0.330 e. The van der Waals surface area contributed by atoms with Crippen molar-refractivity contribution in [2.24, 2.45) is 11.1 Å². The maximum Gasteiger partial charge on any atom is 0.330 e. The van der Waals surface area contributed by atoms with E-state index in [1.807, 2.05) is 13.8 Å². The number of nitrogens with two attached hydrogens (primary N) is 1. The highest BCUT2D eigenvalue weighted by Gasteiger charge is 2.45. The molecule has 0 aromatic carbocycles. The van der Waals surface area contributed by atoms with Gasteiger partial charge in [-0.05, 0) is 18.3 Å². The van der Waals surface area contributed by atoms with Gasteiger partial charge in [-0.1, -0.05) is 13.8 Å². The van der Waals surface area contributed by atoms with Gasteiger partial charge in [-0.2, -0.15) is 8.78 Å². The van der Waals surface area contributed by atoms with Crippen LogP contribution in [0.4, 0.5) is 17.6 Å². The third-order valence-corrected chi connectivity index (χ3v) is 3.19. The molecule has 6 heteroatoms. The molecule has 1 aliphatic carbocycles. The van der Waals surface area contributed by atoms with E-state index in [4.69, 9.17) is 10.5 Å². The fourth-order valence-corrected chi connectivity index (χ4v) is 1.83. The van der Waals surface area contributed by atoms with E-state index in [0.29, 0.717) is 6.42 Å². The molecule has 0 bridgehead atoms. The van der Waals surface area contributed by atoms with Gasteiger partial charge in [-0.25, -0.2) is 8.78 Å². The Morgan fingerprint density at radius 2 is 2.00 bits per heavy atom. The summed E-state index contributed by atoms with van der Waals surface area (Å²) >= 11 is 0. The Kier molecular flexibility index (Phi) is 3.84. The molecule has 0 saturated heterocycles. The largest absolute Gasteiger partial charge is 0.370 e. The predicted octanol–water partition coefficient (Wildman–Crippen LogP) is 2.42. The average molecular weight is 243 g/mol. The van der Waals surface area contributed by atoms with E-state index in [0.717, 1.165) is 6.42 Å². The van der Waals surface area contributed by atoms with Crippen LogP contribution in [0.3, 0.4) is 0 Å². The molecule has 1 rings (SSSR count). The van der Waals surface area contributed by atoms with Gasteiger partial charge < -0.3 is 10.5 Å². The summed E-state index contributed by atoms with van der Waals surface area (Å²) in [5.41, 5.74) is 5.62. The Labute approximate surface area is 92.1 Å². The normalized spacial score (nSPS) is 30.0. The summed E-state index contributed by atoms with van der Waals surface area (Å²) in [6, 6.07) is -0.388. The highest BCUT2D eigenvalue weighted by atomic mass is 19.3. The highest BCUT2D eigenvalue weighted by Crippen LogP contribution is 2.38. The summed E-state index contributed by atoms with van der Waals surface area (Å²) in [5.74, 6) is -4.09. The van der Waals surface area contributed by atoms with Gasteiger partial charge in [0.25, 0.3) is 0 Å². The third-order valence-electron chi connectivity index (χ3n) is 3.19. The second-order valence-electron chi connectivity index (χ2n) is 4.96. The molecule has 2 unspecified atom stereocenters. The van der Waals surface area contributed by atoms with Crippen LogP contribution in [0.15, 0.2) is 0 Å². The Morgan fingerprint density at radius 3 is 2.38 bits per heavy atom. The first-order valence-corrected chi connectivity index (χ1v) is 5.20. The van der Waals surface area contributed by atoms with Gasteiger partial charge in [-0.3, -0.25) is 0 Å². The summed E-state index contributed by atoms with van der Waals surface area (Å²) < 4.78 is 53.8. The SMILES string of the molecule is CC1(C)CCC(OCC(F)(F)C(F)F)C1N. The Balaban J connectivity index is 2.46. The van der Waals surface area contributed by atoms with Crippen LogP contribution in [-0.2, 0) is 4.74 Å². The minimum atomic E-state index is -4.09. The van der Waals surface area contributed by atoms with Crippen molar-refractivity contribution < 1.29 is 22.3 Å². The first kappa shape index (κ1) is 13.7. The van der Waals surface area contributed by atoms with Crippen molar-refractivity contribution in [1.29, 1.82) is 0 Å². The van der Waals surface area contributed by atoms with Crippen molar-refractivity contribution in [3.8, 4) is 0 Å². The molecule has 0 aliphatic heterocycles. The van der Waals surface area contributed by atoms with Crippen LogP contribution in [0.25, 0.3) is 0 Å². The lowest BCUT2D eigenvalue weighted by molar-refractivity contribution is -0.177. The average Bonchev–Trinajstić information content (AvgIpc) is 2.40. The van der Waals surface area contributed by atoms with Gasteiger partial charge >= 0.3 is 12.3 Å². The number of hydrogen-bond donors (Lipinski definition) is 1. The lowest BCUT2D eigenvalue weighted by Crippen LogP contribution is -2.43. The third kappa shape index (κ3) is 2.85. The van der Waals surface area contributed by atoms with E-state index in [2.05, 4.69) is 0 Å². The summed E-state index contributed by atoms with van der Waals surface area (Å²) in [6.07, 6.45) is -2.97. The molecule has 0 spiro atoms. The second-order valence-corrected chi connectivity index (χ2v) is 4.96. The molecule has 0 aromatic heterocycles. The number of alkyl halides is 4. The van der Waals surface area contributed by atoms with Gasteiger partial charge in [0, 0.05) is 6.04 Å². The zero-order valence-corrected chi connectivity index (χ0v) is 9.35. The Morgan fingerprint density at radius 1 is 1.44 bits per heavy atom. The van der Waals surface area contributed by atoms with E-state index < -0.39 is 25.1 Å². The van der Waals surface area contributed by atoms with Crippen molar-refractivity contribution >= 4 is 0 Å². The van der Waals surface area contributed by atoms with Crippen LogP contribution in [0, 0.1) is 5.41 Å². The number of rotatable bonds is 4. The molecular formula is C10H17F4NO. The summed E-state index contributed by atoms with van der Waals surface area (Å²) in [7, 11) is 0. The molecule has 2 atom stereocenters. The minimum absolute atomic E-state index is 0.190. The number of ether oxygens (including phenoxy) is 1. The molecule has 2 N–H and O–H groups in total. The minimum Gasteiger partial charge on any atom is -0.370 e. The maximum absolute atomic E-state index is 12.6. The zero-order valence-electron chi connectivity index (χ0n) is 9.35. The lowest BCUT2D eigenvalue weighted by Gasteiger charge is -2.27. The van der Waals surface area contributed by atoms with Crippen molar-refractivity contribution in [2.75, 3.05) is 6.61 Å². The van der Waals surface area contributed by atoms with Gasteiger partial charge in [-0.15, -0.1) is 0 Å². The fraction of sp³-hybridized carbons (Fsp3) is 1.00. The summed E-state index contributed by atoms with van der Waals surface area (Å²) in [5, 5.41) is 0. The van der Waals surface area contributed by atoms with Crippen LogP contribution in [0.5, 0.6) is 0 Å². The molecular weight excluding hydrogens is 226 g/mol. The van der Waals surface area contributed by atoms with Gasteiger partial charge in [0.05, 0.1) is 6.10 Å². The quantitative estimate of drug-likeness (QED) is 0.769. The number of hydrogen-bond acceptors (Lipinski definition) is 2. The molecule has 96 valence electrons. The molecule has 1 aliphatic rings. The Hall–Kier alpha value is -0.360. The Bertz CT molecular complexity index is 245. The van der Waals surface area contributed by atoms with Crippen molar-refractivity contribution in [3.05, 3.63) is 0 Å². The van der Waals surface area contributed by atoms with E-state index in [1.54, 1.807) is 0 Å². The predicted molar refractivity (Wildman–Crippen MR) is 51.7 cm³/mol. The van der Waals surface area contributed by atoms with Crippen LogP contribution in [0.1, 0.15) is 26.7 Å². The first-order chi connectivity index (χ1) is 7.17. The van der Waals surface area contributed by atoms with Crippen LogP contribution in [0.2, 0.25) is 0 Å². The van der Waals surface area contributed by atoms with Crippen molar-refractivity contribution in [2.45, 2.75) is 51.2 Å². The van der Waals surface area contributed by atoms with Crippen molar-refractivity contribution in [1.82, 2.24) is 0 Å². The second kappa shape index (κ2) is 4.49. The van der Waals surface area contributed by atoms with Crippen LogP contribution >= 0.6 is 0 Å². The van der Waals surface area contributed by atoms with Gasteiger partial charge in [0.1, 0.15) is 6.61 Å². The first-order valence-electron chi connectivity index (χ1n) is 5.20. The van der Waals surface area contributed by atoms with E-state index in [-0.39, 0.29) is 11.5 Å². The molecule has 1 fully saturated rings. The number of halogens is 4. The molecule has 0 heterocycles. The molecule has 0 aromatic rings.